The van der Waals surface area contributed by atoms with Crippen LogP contribution in [0.25, 0.3) is 0 Å². The molecular formula is C16H21N7O3. The van der Waals surface area contributed by atoms with Crippen molar-refractivity contribution in [2.75, 3.05) is 25.5 Å². The molecule has 7 N–H and O–H groups in total. The van der Waals surface area contributed by atoms with Crippen LogP contribution >= 0.6 is 0 Å². The number of benzene rings is 1. The first-order chi connectivity index (χ1) is 12.5. The molecule has 2 aliphatic heterocycles. The lowest BCUT2D eigenvalue weighted by atomic mass is 10.1. The van der Waals surface area contributed by atoms with Crippen molar-refractivity contribution in [1.29, 1.82) is 0 Å². The Bertz CT molecular complexity index is 747. The Morgan fingerprint density at radius 1 is 1.35 bits per heavy atom. The summed E-state index contributed by atoms with van der Waals surface area (Å²) in [6, 6.07) is 6.71. The summed E-state index contributed by atoms with van der Waals surface area (Å²) in [6.07, 6.45) is -0.0641. The third-order valence-electron chi connectivity index (χ3n) is 4.23. The highest BCUT2D eigenvalue weighted by Gasteiger charge is 2.36. The molecule has 3 rings (SSSR count). The molecule has 10 nitrogen and oxygen atoms in total. The topological polar surface area (TPSA) is 141 Å². The van der Waals surface area contributed by atoms with E-state index in [2.05, 4.69) is 26.6 Å². The van der Waals surface area contributed by atoms with Gasteiger partial charge in [0.1, 0.15) is 5.82 Å². The van der Waals surface area contributed by atoms with Crippen LogP contribution in [-0.4, -0.2) is 55.6 Å². The van der Waals surface area contributed by atoms with Crippen LogP contribution in [0.1, 0.15) is 10.4 Å². The molecular weight excluding hydrogens is 338 g/mol. The van der Waals surface area contributed by atoms with E-state index < -0.39 is 12.2 Å². The van der Waals surface area contributed by atoms with Gasteiger partial charge in [0, 0.05) is 31.4 Å². The van der Waals surface area contributed by atoms with Crippen molar-refractivity contribution in [3.05, 3.63) is 41.3 Å². The zero-order valence-corrected chi connectivity index (χ0v) is 14.2. The number of amides is 3. The van der Waals surface area contributed by atoms with Gasteiger partial charge in [-0.1, -0.05) is 0 Å². The summed E-state index contributed by atoms with van der Waals surface area (Å²) >= 11 is 0. The van der Waals surface area contributed by atoms with Crippen molar-refractivity contribution < 1.29 is 14.4 Å². The van der Waals surface area contributed by atoms with Gasteiger partial charge < -0.3 is 31.5 Å². The van der Waals surface area contributed by atoms with Gasteiger partial charge in [0.15, 0.2) is 12.0 Å². The lowest BCUT2D eigenvalue weighted by Gasteiger charge is -2.40. The maximum atomic E-state index is 12.2. The summed E-state index contributed by atoms with van der Waals surface area (Å²) < 4.78 is 0. The second-order valence-corrected chi connectivity index (χ2v) is 5.90. The minimum Gasteiger partial charge on any atom is -0.383 e. The molecule has 2 aliphatic rings. The van der Waals surface area contributed by atoms with E-state index in [1.54, 1.807) is 31.3 Å². The maximum Gasteiger partial charge on any atom is 0.274 e. The van der Waals surface area contributed by atoms with Crippen LogP contribution in [0, 0.1) is 0 Å². The van der Waals surface area contributed by atoms with Crippen LogP contribution in [-0.2, 0) is 9.59 Å². The van der Waals surface area contributed by atoms with Crippen molar-refractivity contribution in [3.8, 4) is 0 Å². The predicted octanol–water partition coefficient (Wildman–Crippen LogP) is -1.98. The van der Waals surface area contributed by atoms with Gasteiger partial charge in [0.2, 0.25) is 6.41 Å². The van der Waals surface area contributed by atoms with Crippen molar-refractivity contribution in [1.82, 2.24) is 26.2 Å². The Morgan fingerprint density at radius 3 is 2.73 bits per heavy atom. The van der Waals surface area contributed by atoms with Gasteiger partial charge in [-0.25, -0.2) is 0 Å². The number of rotatable bonds is 5. The molecule has 0 saturated carbocycles. The molecule has 2 heterocycles. The third-order valence-corrected chi connectivity index (χ3v) is 4.23. The smallest absolute Gasteiger partial charge is 0.274 e. The standard InChI is InChI=1S/C16H21N7O3/c1-18-14(25)9-2-4-10(5-3-9)19-6-11-7-20-13-12(23(11)8-24)15(26)22-16(17)21-13/h2-5,8,11,16,19-21H,6-7,17H2,1H3,(H,18,25)(H,22,26)/t11-,16?/m1/s1. The molecule has 0 aromatic heterocycles. The molecule has 3 amide bonds. The third kappa shape index (κ3) is 3.40. The second-order valence-electron chi connectivity index (χ2n) is 5.90. The Labute approximate surface area is 150 Å². The SMILES string of the molecule is CNC(=O)c1ccc(NC[C@@H]2CNC3=C(C(=O)NC(N)N3)N2C=O)cc1. The molecule has 1 aromatic carbocycles. The summed E-state index contributed by atoms with van der Waals surface area (Å²) in [4.78, 5) is 36.7. The first kappa shape index (κ1) is 17.5. The molecule has 138 valence electrons. The zero-order chi connectivity index (χ0) is 18.7. The van der Waals surface area contributed by atoms with Crippen LogP contribution in [0.2, 0.25) is 0 Å². The fraction of sp³-hybridized carbons (Fsp3) is 0.312. The molecule has 0 radical (unpaired) electrons. The average Bonchev–Trinajstić information content (AvgIpc) is 2.65. The number of carbonyl (C=O) groups is 3. The summed E-state index contributed by atoms with van der Waals surface area (Å²) in [5.74, 6) is -0.126. The van der Waals surface area contributed by atoms with Gasteiger partial charge in [-0.3, -0.25) is 20.1 Å². The van der Waals surface area contributed by atoms with E-state index in [1.807, 2.05) is 0 Å². The highest BCUT2D eigenvalue weighted by atomic mass is 16.2. The summed E-state index contributed by atoms with van der Waals surface area (Å²) in [7, 11) is 1.57. The molecule has 2 atom stereocenters. The van der Waals surface area contributed by atoms with Gasteiger partial charge in [-0.2, -0.15) is 0 Å². The van der Waals surface area contributed by atoms with Crippen LogP contribution in [0.4, 0.5) is 5.69 Å². The molecule has 0 saturated heterocycles. The van der Waals surface area contributed by atoms with E-state index in [0.717, 1.165) is 5.69 Å². The Kier molecular flexibility index (Phi) is 4.94. The van der Waals surface area contributed by atoms with E-state index in [9.17, 15) is 14.4 Å². The van der Waals surface area contributed by atoms with E-state index in [4.69, 9.17) is 5.73 Å². The minimum absolute atomic E-state index is 0.159. The monoisotopic (exact) mass is 359 g/mol. The van der Waals surface area contributed by atoms with Gasteiger partial charge in [-0.15, -0.1) is 0 Å². The van der Waals surface area contributed by atoms with E-state index >= 15 is 0 Å². The Balaban J connectivity index is 1.68. The van der Waals surface area contributed by atoms with Crippen LogP contribution < -0.4 is 32.3 Å². The lowest BCUT2D eigenvalue weighted by Crippen LogP contribution is -2.64. The van der Waals surface area contributed by atoms with Gasteiger partial charge in [0.05, 0.1) is 6.04 Å². The number of hydrogen-bond donors (Lipinski definition) is 6. The molecule has 0 bridgehead atoms. The molecule has 0 fully saturated rings. The van der Waals surface area contributed by atoms with Gasteiger partial charge >= 0.3 is 0 Å². The number of nitrogens with zero attached hydrogens (tertiary/aromatic N) is 1. The Hall–Kier alpha value is -3.27. The molecule has 0 aliphatic carbocycles. The minimum atomic E-state index is -0.698. The van der Waals surface area contributed by atoms with Crippen LogP contribution in [0.3, 0.4) is 0 Å². The number of anilines is 1. The molecule has 26 heavy (non-hydrogen) atoms. The van der Waals surface area contributed by atoms with Crippen molar-refractivity contribution in [2.24, 2.45) is 5.73 Å². The lowest BCUT2D eigenvalue weighted by molar-refractivity contribution is -0.127. The maximum absolute atomic E-state index is 12.2. The van der Waals surface area contributed by atoms with Gasteiger partial charge in [0.25, 0.3) is 11.8 Å². The van der Waals surface area contributed by atoms with Crippen LogP contribution in [0.5, 0.6) is 0 Å². The Morgan fingerprint density at radius 2 is 2.08 bits per heavy atom. The molecule has 1 unspecified atom stereocenters. The van der Waals surface area contributed by atoms with E-state index in [1.165, 1.54) is 4.90 Å². The zero-order valence-electron chi connectivity index (χ0n) is 14.2. The van der Waals surface area contributed by atoms with Crippen molar-refractivity contribution >= 4 is 23.9 Å². The molecule has 0 spiro atoms. The number of nitrogens with two attached hydrogens (primary N) is 1. The first-order valence-electron chi connectivity index (χ1n) is 8.14. The van der Waals surface area contributed by atoms with Crippen molar-refractivity contribution in [3.63, 3.8) is 0 Å². The fourth-order valence-electron chi connectivity index (χ4n) is 2.89. The fourth-order valence-corrected chi connectivity index (χ4v) is 2.89. The predicted molar refractivity (Wildman–Crippen MR) is 94.3 cm³/mol. The molecule has 1 aromatic rings. The largest absolute Gasteiger partial charge is 0.383 e. The van der Waals surface area contributed by atoms with Crippen LogP contribution in [0.15, 0.2) is 35.8 Å². The highest BCUT2D eigenvalue weighted by Crippen LogP contribution is 2.18. The highest BCUT2D eigenvalue weighted by molar-refractivity contribution is 5.96. The number of hydrogen-bond acceptors (Lipinski definition) is 7. The summed E-state index contributed by atoms with van der Waals surface area (Å²) in [5, 5.41) is 14.3. The summed E-state index contributed by atoms with van der Waals surface area (Å²) in [5.41, 5.74) is 7.24. The van der Waals surface area contributed by atoms with Gasteiger partial charge in [-0.05, 0) is 24.3 Å². The number of nitrogens with one attached hydrogen (secondary N) is 5. The van der Waals surface area contributed by atoms with E-state index in [-0.39, 0.29) is 17.6 Å². The second kappa shape index (κ2) is 7.31. The van der Waals surface area contributed by atoms with E-state index in [0.29, 0.717) is 30.9 Å². The van der Waals surface area contributed by atoms with Crippen molar-refractivity contribution in [2.45, 2.75) is 12.3 Å². The normalized spacial score (nSPS) is 21.8. The first-order valence-corrected chi connectivity index (χ1v) is 8.14. The summed E-state index contributed by atoms with van der Waals surface area (Å²) in [6.45, 7) is 0.870. The average molecular weight is 359 g/mol. The quantitative estimate of drug-likeness (QED) is 0.335. The molecule has 10 heteroatoms. The number of carbonyl (C=O) groups excluding carboxylic acids is 3.